The minimum Gasteiger partial charge on any atom is -0.494 e. The molecule has 0 bridgehead atoms. The number of hydrogen-bond acceptors (Lipinski definition) is 4. The third-order valence-electron chi connectivity index (χ3n) is 3.71. The van der Waals surface area contributed by atoms with Gasteiger partial charge in [-0.3, -0.25) is 0 Å². The lowest BCUT2D eigenvalue weighted by molar-refractivity contribution is 0.237. The van der Waals surface area contributed by atoms with Crippen molar-refractivity contribution in [2.24, 2.45) is 0 Å². The number of benzene rings is 1. The molecular weight excluding hydrogens is 316 g/mol. The molecule has 7 heteroatoms. The van der Waals surface area contributed by atoms with Crippen molar-refractivity contribution in [3.8, 4) is 5.75 Å². The molecule has 0 aliphatic carbocycles. The number of ether oxygens (including phenoxy) is 1. The molecule has 2 amide bonds. The van der Waals surface area contributed by atoms with E-state index in [2.05, 4.69) is 10.6 Å². The maximum atomic E-state index is 11.6. The standard InChI is InChI=1S/C16H24N2O4S/c1-13-4-6-15(7-5-13)22-10-3-2-9-17-16(19)18-14-8-11-23(20,21)12-14/h4-7,14H,2-3,8-12H2,1H3,(H2,17,18,19). The van der Waals surface area contributed by atoms with Gasteiger partial charge in [-0.15, -0.1) is 0 Å². The molecule has 0 radical (unpaired) electrons. The maximum absolute atomic E-state index is 11.6. The fraction of sp³-hybridized carbons (Fsp3) is 0.562. The second-order valence-corrected chi connectivity index (χ2v) is 8.10. The van der Waals surface area contributed by atoms with Crippen molar-refractivity contribution in [2.45, 2.75) is 32.2 Å². The highest BCUT2D eigenvalue weighted by molar-refractivity contribution is 7.91. The molecule has 0 spiro atoms. The summed E-state index contributed by atoms with van der Waals surface area (Å²) in [6.07, 6.45) is 2.15. The SMILES string of the molecule is Cc1ccc(OCCCCNC(=O)NC2CCS(=O)(=O)C2)cc1. The number of carbonyl (C=O) groups excluding carboxylic acids is 1. The Morgan fingerprint density at radius 1 is 1.26 bits per heavy atom. The van der Waals surface area contributed by atoms with E-state index in [1.165, 1.54) is 5.56 Å². The molecule has 23 heavy (non-hydrogen) atoms. The van der Waals surface area contributed by atoms with E-state index in [0.29, 0.717) is 19.6 Å². The van der Waals surface area contributed by atoms with E-state index in [1.54, 1.807) is 0 Å². The number of rotatable bonds is 7. The quantitative estimate of drug-likeness (QED) is 0.739. The number of sulfone groups is 1. The van der Waals surface area contributed by atoms with E-state index in [-0.39, 0.29) is 23.6 Å². The fourth-order valence-electron chi connectivity index (χ4n) is 2.40. The van der Waals surface area contributed by atoms with Crippen molar-refractivity contribution in [3.63, 3.8) is 0 Å². The number of carbonyl (C=O) groups is 1. The van der Waals surface area contributed by atoms with Gasteiger partial charge in [-0.2, -0.15) is 0 Å². The van der Waals surface area contributed by atoms with Crippen LogP contribution >= 0.6 is 0 Å². The van der Waals surface area contributed by atoms with E-state index in [4.69, 9.17) is 4.74 Å². The van der Waals surface area contributed by atoms with Gasteiger partial charge in [0.15, 0.2) is 9.84 Å². The monoisotopic (exact) mass is 340 g/mol. The van der Waals surface area contributed by atoms with Crippen LogP contribution in [0.5, 0.6) is 5.75 Å². The molecule has 128 valence electrons. The first-order valence-corrected chi connectivity index (χ1v) is 9.71. The Labute approximate surface area is 137 Å². The fourth-order valence-corrected chi connectivity index (χ4v) is 4.07. The number of amides is 2. The highest BCUT2D eigenvalue weighted by atomic mass is 32.2. The number of unbranched alkanes of at least 4 members (excludes halogenated alkanes) is 1. The minimum absolute atomic E-state index is 0.0464. The summed E-state index contributed by atoms with van der Waals surface area (Å²) in [4.78, 5) is 11.6. The first-order chi connectivity index (χ1) is 10.9. The van der Waals surface area contributed by atoms with Crippen LogP contribution in [-0.2, 0) is 9.84 Å². The van der Waals surface area contributed by atoms with Crippen LogP contribution in [0.25, 0.3) is 0 Å². The van der Waals surface area contributed by atoms with Crippen molar-refractivity contribution < 1.29 is 17.9 Å². The molecule has 0 saturated carbocycles. The minimum atomic E-state index is -2.96. The predicted molar refractivity (Wildman–Crippen MR) is 89.5 cm³/mol. The summed E-state index contributed by atoms with van der Waals surface area (Å²) >= 11 is 0. The average Bonchev–Trinajstić information content (AvgIpc) is 2.83. The van der Waals surface area contributed by atoms with Crippen molar-refractivity contribution in [1.82, 2.24) is 10.6 Å². The Balaban J connectivity index is 1.52. The number of nitrogens with one attached hydrogen (secondary N) is 2. The van der Waals surface area contributed by atoms with Crippen LogP contribution in [0.4, 0.5) is 4.79 Å². The van der Waals surface area contributed by atoms with E-state index in [9.17, 15) is 13.2 Å². The van der Waals surface area contributed by atoms with Gasteiger partial charge in [-0.05, 0) is 38.3 Å². The van der Waals surface area contributed by atoms with Gasteiger partial charge in [0.05, 0.1) is 18.1 Å². The smallest absolute Gasteiger partial charge is 0.315 e. The Hall–Kier alpha value is -1.76. The lowest BCUT2D eigenvalue weighted by atomic mass is 10.2. The summed E-state index contributed by atoms with van der Waals surface area (Å²) in [5.41, 5.74) is 1.20. The number of urea groups is 1. The molecule has 1 saturated heterocycles. The molecule has 1 aliphatic rings. The zero-order valence-corrected chi connectivity index (χ0v) is 14.2. The van der Waals surface area contributed by atoms with Gasteiger partial charge in [-0.25, -0.2) is 13.2 Å². The van der Waals surface area contributed by atoms with E-state index < -0.39 is 9.84 Å². The summed E-state index contributed by atoms with van der Waals surface area (Å²) in [6.45, 7) is 3.18. The Morgan fingerprint density at radius 3 is 2.65 bits per heavy atom. The summed E-state index contributed by atoms with van der Waals surface area (Å²) < 4.78 is 28.2. The first-order valence-electron chi connectivity index (χ1n) is 7.89. The second kappa shape index (κ2) is 8.19. The summed E-state index contributed by atoms with van der Waals surface area (Å²) in [5.74, 6) is 1.06. The molecule has 2 N–H and O–H groups in total. The molecule has 1 fully saturated rings. The molecule has 6 nitrogen and oxygen atoms in total. The summed E-state index contributed by atoms with van der Waals surface area (Å²) in [6, 6.07) is 7.33. The third kappa shape index (κ3) is 6.48. The van der Waals surface area contributed by atoms with Crippen LogP contribution in [0.1, 0.15) is 24.8 Å². The van der Waals surface area contributed by atoms with Crippen molar-refractivity contribution in [2.75, 3.05) is 24.7 Å². The molecule has 2 rings (SSSR count). The van der Waals surface area contributed by atoms with Gasteiger partial charge < -0.3 is 15.4 Å². The molecule has 1 unspecified atom stereocenters. The van der Waals surface area contributed by atoms with Crippen molar-refractivity contribution in [1.29, 1.82) is 0 Å². The molecule has 1 aliphatic heterocycles. The first kappa shape index (κ1) is 17.6. The number of hydrogen-bond donors (Lipinski definition) is 2. The Kier molecular flexibility index (Phi) is 6.27. The van der Waals surface area contributed by atoms with Crippen molar-refractivity contribution in [3.05, 3.63) is 29.8 Å². The predicted octanol–water partition coefficient (Wildman–Crippen LogP) is 1.64. The van der Waals surface area contributed by atoms with E-state index in [0.717, 1.165) is 18.6 Å². The largest absolute Gasteiger partial charge is 0.494 e. The van der Waals surface area contributed by atoms with Gasteiger partial charge in [0.2, 0.25) is 0 Å². The summed E-state index contributed by atoms with van der Waals surface area (Å²) in [7, 11) is -2.96. The molecule has 1 aromatic rings. The van der Waals surface area contributed by atoms with Crippen LogP contribution < -0.4 is 15.4 Å². The zero-order valence-electron chi connectivity index (χ0n) is 13.4. The van der Waals surface area contributed by atoms with Gasteiger partial charge >= 0.3 is 6.03 Å². The van der Waals surface area contributed by atoms with Crippen LogP contribution in [0.15, 0.2) is 24.3 Å². The molecule has 1 atom stereocenters. The van der Waals surface area contributed by atoms with Gasteiger partial charge in [0.25, 0.3) is 0 Å². The van der Waals surface area contributed by atoms with Crippen LogP contribution in [0.3, 0.4) is 0 Å². The van der Waals surface area contributed by atoms with Gasteiger partial charge in [0, 0.05) is 12.6 Å². The highest BCUT2D eigenvalue weighted by Crippen LogP contribution is 2.12. The molecule has 0 aromatic heterocycles. The number of aryl methyl sites for hydroxylation is 1. The van der Waals surface area contributed by atoms with E-state index >= 15 is 0 Å². The molecule has 1 heterocycles. The Morgan fingerprint density at radius 2 is 2.00 bits per heavy atom. The molecule has 1 aromatic carbocycles. The highest BCUT2D eigenvalue weighted by Gasteiger charge is 2.28. The second-order valence-electron chi connectivity index (χ2n) is 5.87. The zero-order chi connectivity index (χ0) is 16.7. The third-order valence-corrected chi connectivity index (χ3v) is 5.48. The van der Waals surface area contributed by atoms with Crippen LogP contribution in [0, 0.1) is 6.92 Å². The lowest BCUT2D eigenvalue weighted by Crippen LogP contribution is -2.42. The average molecular weight is 340 g/mol. The van der Waals surface area contributed by atoms with Crippen molar-refractivity contribution >= 4 is 15.9 Å². The summed E-state index contributed by atoms with van der Waals surface area (Å²) in [5, 5.41) is 5.44. The van der Waals surface area contributed by atoms with Gasteiger partial charge in [0.1, 0.15) is 5.75 Å². The van der Waals surface area contributed by atoms with E-state index in [1.807, 2.05) is 31.2 Å². The van der Waals surface area contributed by atoms with Crippen LogP contribution in [0.2, 0.25) is 0 Å². The topological polar surface area (TPSA) is 84.5 Å². The Bertz CT molecular complexity index is 613. The maximum Gasteiger partial charge on any atom is 0.315 e. The lowest BCUT2D eigenvalue weighted by Gasteiger charge is -2.12. The normalized spacial score (nSPS) is 19.3. The van der Waals surface area contributed by atoms with Gasteiger partial charge in [-0.1, -0.05) is 17.7 Å². The van der Waals surface area contributed by atoms with Crippen LogP contribution in [-0.4, -0.2) is 45.1 Å². The molecular formula is C16H24N2O4S.